The van der Waals surface area contributed by atoms with Crippen molar-refractivity contribution in [2.24, 2.45) is 5.41 Å². The topological polar surface area (TPSA) is 85.1 Å². The SMILES string of the molecule is CC1(C(=O)Nc2nc(-c3ccccc3)cs2)CC2([N+](=O)[O-])c3ccccc3C1c1ccccc12. The summed E-state index contributed by atoms with van der Waals surface area (Å²) >= 11 is 1.36. The standard InChI is InChI=1S/C27H21N3O3S/c1-26(24(31)29-25-28-22(15-34-25)17-9-3-2-4-10-17)16-27(30(32)33)20-13-7-5-11-18(20)23(26)19-12-6-8-14-21(19)27/h2-15,23H,16H2,1H3,(H,28,29,31). The predicted octanol–water partition coefficient (Wildman–Crippen LogP) is 5.82. The molecule has 0 saturated heterocycles. The highest BCUT2D eigenvalue weighted by Gasteiger charge is 2.67. The van der Waals surface area contributed by atoms with Crippen LogP contribution < -0.4 is 5.32 Å². The Kier molecular flexibility index (Phi) is 4.47. The number of benzene rings is 3. The Balaban J connectivity index is 1.44. The largest absolute Gasteiger partial charge is 0.301 e. The lowest BCUT2D eigenvalue weighted by atomic mass is 9.49. The van der Waals surface area contributed by atoms with Gasteiger partial charge in [0.1, 0.15) is 0 Å². The van der Waals surface area contributed by atoms with Crippen LogP contribution in [0.15, 0.2) is 84.2 Å². The Morgan fingerprint density at radius 3 is 2.21 bits per heavy atom. The third kappa shape index (κ3) is 2.73. The van der Waals surface area contributed by atoms with Crippen molar-refractivity contribution in [2.45, 2.75) is 24.8 Å². The second-order valence-electron chi connectivity index (χ2n) is 9.18. The van der Waals surface area contributed by atoms with Gasteiger partial charge in [-0.1, -0.05) is 78.9 Å². The van der Waals surface area contributed by atoms with Crippen molar-refractivity contribution in [3.05, 3.63) is 117 Å². The van der Waals surface area contributed by atoms with E-state index in [0.717, 1.165) is 22.4 Å². The number of nitro groups is 1. The molecule has 6 nitrogen and oxygen atoms in total. The second-order valence-corrected chi connectivity index (χ2v) is 10.0. The molecule has 7 rings (SSSR count). The first kappa shape index (κ1) is 20.7. The van der Waals surface area contributed by atoms with E-state index >= 15 is 0 Å². The fourth-order valence-corrected chi connectivity index (χ4v) is 6.57. The summed E-state index contributed by atoms with van der Waals surface area (Å²) in [4.78, 5) is 31.0. The molecule has 0 radical (unpaired) electrons. The minimum atomic E-state index is -1.47. The van der Waals surface area contributed by atoms with Gasteiger partial charge in [0.25, 0.3) is 5.54 Å². The zero-order valence-electron chi connectivity index (χ0n) is 18.4. The molecule has 168 valence electrons. The smallest absolute Gasteiger partial charge is 0.273 e. The molecule has 1 atom stereocenters. The van der Waals surface area contributed by atoms with E-state index in [1.54, 1.807) is 0 Å². The Morgan fingerprint density at radius 2 is 1.59 bits per heavy atom. The first-order valence-corrected chi connectivity index (χ1v) is 12.0. The van der Waals surface area contributed by atoms with Crippen LogP contribution in [-0.4, -0.2) is 15.8 Å². The molecule has 0 aliphatic heterocycles. The lowest BCUT2D eigenvalue weighted by Crippen LogP contribution is -2.57. The van der Waals surface area contributed by atoms with Crippen LogP contribution in [0.1, 0.15) is 41.5 Å². The number of anilines is 1. The molecule has 1 unspecified atom stereocenters. The van der Waals surface area contributed by atoms with Crippen molar-refractivity contribution < 1.29 is 9.72 Å². The van der Waals surface area contributed by atoms with Crippen LogP contribution in [0.3, 0.4) is 0 Å². The number of hydrogen-bond donors (Lipinski definition) is 1. The van der Waals surface area contributed by atoms with Crippen LogP contribution in [0, 0.1) is 15.5 Å². The fraction of sp³-hybridized carbons (Fsp3) is 0.185. The van der Waals surface area contributed by atoms with Crippen molar-refractivity contribution in [2.75, 3.05) is 5.32 Å². The van der Waals surface area contributed by atoms with Crippen molar-refractivity contribution in [3.63, 3.8) is 0 Å². The first-order valence-electron chi connectivity index (χ1n) is 11.1. The molecule has 3 aliphatic rings. The number of hydrogen-bond acceptors (Lipinski definition) is 5. The summed E-state index contributed by atoms with van der Waals surface area (Å²) in [6.07, 6.45) is 0.0917. The van der Waals surface area contributed by atoms with E-state index < -0.39 is 11.0 Å². The Bertz CT molecular complexity index is 1400. The molecule has 7 heteroatoms. The fourth-order valence-electron chi connectivity index (χ4n) is 5.86. The second kappa shape index (κ2) is 7.33. The Hall–Kier alpha value is -3.84. The minimum absolute atomic E-state index is 0.0917. The lowest BCUT2D eigenvalue weighted by molar-refractivity contribution is -0.573. The third-order valence-corrected chi connectivity index (χ3v) is 8.08. The summed E-state index contributed by atoms with van der Waals surface area (Å²) in [5.74, 6) is -0.531. The van der Waals surface area contributed by atoms with Gasteiger partial charge in [-0.15, -0.1) is 11.3 Å². The van der Waals surface area contributed by atoms with Crippen molar-refractivity contribution in [3.8, 4) is 11.3 Å². The molecule has 0 fully saturated rings. The summed E-state index contributed by atoms with van der Waals surface area (Å²) in [7, 11) is 0. The van der Waals surface area contributed by atoms with Gasteiger partial charge in [-0.05, 0) is 18.1 Å². The van der Waals surface area contributed by atoms with E-state index in [2.05, 4.69) is 10.3 Å². The molecule has 1 N–H and O–H groups in total. The number of thiazole rings is 1. The van der Waals surface area contributed by atoms with Crippen LogP contribution in [0.4, 0.5) is 5.13 Å². The number of carbonyl (C=O) groups excluding carboxylic acids is 1. The van der Waals surface area contributed by atoms with Gasteiger partial charge in [0.2, 0.25) is 5.91 Å². The summed E-state index contributed by atoms with van der Waals surface area (Å²) in [5.41, 5.74) is 2.35. The monoisotopic (exact) mass is 467 g/mol. The van der Waals surface area contributed by atoms with Gasteiger partial charge in [0, 0.05) is 39.3 Å². The van der Waals surface area contributed by atoms with Crippen LogP contribution in [-0.2, 0) is 10.3 Å². The maximum absolute atomic E-state index is 13.8. The highest BCUT2D eigenvalue weighted by molar-refractivity contribution is 7.14. The van der Waals surface area contributed by atoms with E-state index in [4.69, 9.17) is 0 Å². The third-order valence-electron chi connectivity index (χ3n) is 7.32. The molecule has 2 bridgehead atoms. The van der Waals surface area contributed by atoms with Crippen LogP contribution in [0.25, 0.3) is 11.3 Å². The Labute approximate surface area is 200 Å². The number of nitrogens with zero attached hydrogens (tertiary/aromatic N) is 2. The molecule has 0 saturated carbocycles. The number of fused-ring (bicyclic) bond motifs is 1. The average Bonchev–Trinajstić information content (AvgIpc) is 3.33. The first-order chi connectivity index (χ1) is 16.4. The summed E-state index contributed by atoms with van der Waals surface area (Å²) in [6, 6.07) is 24.8. The summed E-state index contributed by atoms with van der Waals surface area (Å²) in [6.45, 7) is 1.85. The lowest BCUT2D eigenvalue weighted by Gasteiger charge is -2.52. The van der Waals surface area contributed by atoms with E-state index in [-0.39, 0.29) is 23.2 Å². The van der Waals surface area contributed by atoms with Gasteiger partial charge < -0.3 is 5.32 Å². The van der Waals surface area contributed by atoms with Crippen molar-refractivity contribution >= 4 is 22.4 Å². The molecule has 3 aliphatic carbocycles. The van der Waals surface area contributed by atoms with E-state index in [0.29, 0.717) is 16.3 Å². The maximum Gasteiger partial charge on any atom is 0.273 e. The van der Waals surface area contributed by atoms with E-state index in [9.17, 15) is 14.9 Å². The number of carbonyl (C=O) groups is 1. The molecule has 3 aromatic carbocycles. The van der Waals surface area contributed by atoms with E-state index in [1.807, 2.05) is 91.2 Å². The van der Waals surface area contributed by atoms with Gasteiger partial charge in [0.15, 0.2) is 5.13 Å². The molecule has 4 aromatic rings. The number of rotatable bonds is 4. The predicted molar refractivity (Wildman–Crippen MR) is 131 cm³/mol. The van der Waals surface area contributed by atoms with Gasteiger partial charge in [-0.25, -0.2) is 4.98 Å². The highest BCUT2D eigenvalue weighted by atomic mass is 32.1. The van der Waals surface area contributed by atoms with Gasteiger partial charge in [-0.2, -0.15) is 0 Å². The van der Waals surface area contributed by atoms with Gasteiger partial charge in [0.05, 0.1) is 11.1 Å². The minimum Gasteiger partial charge on any atom is -0.301 e. The normalized spacial score (nSPS) is 24.2. The molecule has 1 heterocycles. The van der Waals surface area contributed by atoms with Crippen LogP contribution in [0.5, 0.6) is 0 Å². The number of amides is 1. The zero-order chi connectivity index (χ0) is 23.5. The van der Waals surface area contributed by atoms with Gasteiger partial charge in [-0.3, -0.25) is 14.9 Å². The molecular weight excluding hydrogens is 446 g/mol. The van der Waals surface area contributed by atoms with Crippen molar-refractivity contribution in [1.29, 1.82) is 0 Å². The molecular formula is C27H21N3O3S. The molecule has 1 amide bonds. The highest BCUT2D eigenvalue weighted by Crippen LogP contribution is 2.64. The summed E-state index contributed by atoms with van der Waals surface area (Å²) < 4.78 is 0. The zero-order valence-corrected chi connectivity index (χ0v) is 19.2. The molecule has 34 heavy (non-hydrogen) atoms. The number of aromatic nitrogens is 1. The molecule has 0 spiro atoms. The van der Waals surface area contributed by atoms with Gasteiger partial charge >= 0.3 is 0 Å². The van der Waals surface area contributed by atoms with Crippen LogP contribution >= 0.6 is 11.3 Å². The summed E-state index contributed by atoms with van der Waals surface area (Å²) in [5, 5.41) is 18.1. The van der Waals surface area contributed by atoms with E-state index in [1.165, 1.54) is 11.3 Å². The average molecular weight is 468 g/mol. The van der Waals surface area contributed by atoms with Crippen molar-refractivity contribution in [1.82, 2.24) is 4.98 Å². The Morgan fingerprint density at radius 1 is 1.00 bits per heavy atom. The number of nitrogens with one attached hydrogen (secondary N) is 1. The quantitative estimate of drug-likeness (QED) is 0.303. The van der Waals surface area contributed by atoms with Crippen LogP contribution in [0.2, 0.25) is 0 Å². The molecule has 1 aromatic heterocycles. The maximum atomic E-state index is 13.8.